The van der Waals surface area contributed by atoms with Crippen molar-refractivity contribution < 1.29 is 0 Å². The van der Waals surface area contributed by atoms with Gasteiger partial charge in [0.1, 0.15) is 0 Å². The fourth-order valence-electron chi connectivity index (χ4n) is 17.3. The summed E-state index contributed by atoms with van der Waals surface area (Å²) in [6.07, 6.45) is 0. The summed E-state index contributed by atoms with van der Waals surface area (Å²) in [5.41, 5.74) is 18.4. The van der Waals surface area contributed by atoms with Crippen LogP contribution in [0.3, 0.4) is 0 Å². The van der Waals surface area contributed by atoms with Crippen molar-refractivity contribution >= 4 is 176 Å². The van der Waals surface area contributed by atoms with E-state index in [0.717, 1.165) is 0 Å². The van der Waals surface area contributed by atoms with E-state index < -0.39 is 0 Å². The van der Waals surface area contributed by atoms with Gasteiger partial charge >= 0.3 is 0 Å². The molecule has 0 saturated heterocycles. The number of nitrogens with zero attached hydrogens (tertiary/aromatic N) is 2. The molecular weight excluding hydrogens is 1120 g/mol. The highest BCUT2D eigenvalue weighted by Gasteiger charge is 2.47. The quantitative estimate of drug-likeness (QED) is 0.0988. The molecule has 0 saturated carbocycles. The van der Waals surface area contributed by atoms with Crippen LogP contribution in [0, 0.1) is 0 Å². The second kappa shape index (κ2) is 18.4. The van der Waals surface area contributed by atoms with E-state index in [0.29, 0.717) is 0 Å². The van der Waals surface area contributed by atoms with Gasteiger partial charge in [0, 0.05) is 34.1 Å². The number of hydrogen-bond acceptors (Lipinski definition) is 2. The van der Waals surface area contributed by atoms with Gasteiger partial charge in [-0.3, -0.25) is 0 Å². The molecule has 0 radical (unpaired) electrons. The van der Waals surface area contributed by atoms with Crippen LogP contribution in [-0.4, -0.2) is 6.71 Å². The summed E-state index contributed by atoms with van der Waals surface area (Å²) in [6, 6.07) is 89.1. The van der Waals surface area contributed by atoms with Gasteiger partial charge in [0.05, 0.1) is 0 Å². The normalized spacial score (nSPS) is 14.0. The molecule has 17 aromatic carbocycles. The van der Waals surface area contributed by atoms with E-state index >= 15 is 0 Å². The zero-order valence-corrected chi connectivity index (χ0v) is 55.3. The molecule has 0 atom stereocenters. The van der Waals surface area contributed by atoms with Gasteiger partial charge in [-0.1, -0.05) is 247 Å². The second-order valence-corrected chi connectivity index (χ2v) is 31.7. The zero-order valence-electron chi connectivity index (χ0n) is 55.3. The Morgan fingerprint density at radius 3 is 0.882 bits per heavy atom. The molecule has 0 unspecified atom stereocenters. The van der Waals surface area contributed by atoms with Crippen molar-refractivity contribution in [3.05, 3.63) is 247 Å². The molecule has 0 aliphatic carbocycles. The molecule has 3 heteroatoms. The number of hydrogen-bond donors (Lipinski definition) is 0. The van der Waals surface area contributed by atoms with Gasteiger partial charge in [0.15, 0.2) is 0 Å². The second-order valence-electron chi connectivity index (χ2n) is 31.7. The topological polar surface area (TPSA) is 6.48 Å². The predicted octanol–water partition coefficient (Wildman–Crippen LogP) is 23.6. The van der Waals surface area contributed by atoms with E-state index in [4.69, 9.17) is 0 Å². The SMILES string of the molecule is CC(C)(C)c1cc(N2c3cc(-c4cc5ccc6cccc7ccc(c4)c5c67)cc4c3B(c3c2cc2c5cccc6cccc(c7cccc3c72)c65)c2c(cc3c5cccc6cccc(c7cccc2c73)c65)N4c2cc(C(C)(C)C)cc(C(C)(C)C)c2)cc(C(C)(C)C)c1. The highest BCUT2D eigenvalue weighted by atomic mass is 15.2. The maximum Gasteiger partial charge on any atom is 0.253 e. The van der Waals surface area contributed by atoms with E-state index in [1.54, 1.807) is 0 Å². The van der Waals surface area contributed by atoms with E-state index in [9.17, 15) is 0 Å². The minimum Gasteiger partial charge on any atom is -0.311 e. The molecule has 2 nitrogen and oxygen atoms in total. The van der Waals surface area contributed by atoms with Crippen molar-refractivity contribution in [2.45, 2.75) is 105 Å². The van der Waals surface area contributed by atoms with Crippen molar-refractivity contribution in [1.29, 1.82) is 0 Å². The Labute approximate surface area is 544 Å². The van der Waals surface area contributed by atoms with Gasteiger partial charge < -0.3 is 9.80 Å². The number of benzene rings is 17. The van der Waals surface area contributed by atoms with Gasteiger partial charge in [0.25, 0.3) is 6.71 Å². The largest absolute Gasteiger partial charge is 0.311 e. The number of fused-ring (bicyclic) bond motifs is 10. The molecule has 19 rings (SSSR count). The Morgan fingerprint density at radius 2 is 0.505 bits per heavy atom. The van der Waals surface area contributed by atoms with Gasteiger partial charge in [0.2, 0.25) is 0 Å². The third kappa shape index (κ3) is 7.66. The molecule has 2 aliphatic rings. The lowest BCUT2D eigenvalue weighted by atomic mass is 9.32. The molecule has 0 spiro atoms. The first-order valence-corrected chi connectivity index (χ1v) is 33.7. The highest BCUT2D eigenvalue weighted by Crippen LogP contribution is 2.54. The van der Waals surface area contributed by atoms with Crippen LogP contribution in [0.2, 0.25) is 0 Å². The molecule has 0 aromatic heterocycles. The summed E-state index contributed by atoms with van der Waals surface area (Å²) >= 11 is 0. The Balaban J connectivity index is 1.05. The van der Waals surface area contributed by atoms with E-state index in [-0.39, 0.29) is 28.4 Å². The van der Waals surface area contributed by atoms with Crippen molar-refractivity contribution in [3.8, 4) is 11.1 Å². The Bertz CT molecular complexity index is 5680. The standard InChI is InChI=1S/C90H73BN2/c1-87(2,3)58-42-59(88(4,5)6)45-62(44-58)92-74-40-57(56-38-54-36-34-52-20-13-21-53-35-37-55(39-56)79(54)78(52)53)41-75-86(74)91(84-70-32-18-30-66-64-26-14-22-50-24-16-28-68(80(50)64)72(82(66)70)48-76(84)92)85-71-33-19-31-67-65-27-15-23-51-25-17-29-69(81(51)65)73(83(67)71)49-77(85)93(75)63-46-60(89(7,8)9)43-61(47-63)90(10,11)12/h13-49H,1-12H3. The Kier molecular flexibility index (Phi) is 10.8. The van der Waals surface area contributed by atoms with Crippen LogP contribution >= 0.6 is 0 Å². The summed E-state index contributed by atoms with van der Waals surface area (Å²) < 4.78 is 0. The first-order valence-electron chi connectivity index (χ1n) is 33.7. The minimum atomic E-state index is -0.206. The molecule has 0 amide bonds. The van der Waals surface area contributed by atoms with Gasteiger partial charge in [-0.15, -0.1) is 0 Å². The maximum atomic E-state index is 2.75. The molecular formula is C90H73BN2. The molecule has 17 aromatic rings. The Morgan fingerprint density at radius 1 is 0.226 bits per heavy atom. The van der Waals surface area contributed by atoms with E-state index in [1.165, 1.54) is 202 Å². The molecule has 2 aliphatic heterocycles. The number of rotatable bonds is 3. The van der Waals surface area contributed by atoms with E-state index in [2.05, 4.69) is 317 Å². The third-order valence-electron chi connectivity index (χ3n) is 21.9. The smallest absolute Gasteiger partial charge is 0.253 e. The van der Waals surface area contributed by atoms with E-state index in [1.807, 2.05) is 0 Å². The first-order chi connectivity index (χ1) is 44.6. The molecule has 0 fully saturated rings. The van der Waals surface area contributed by atoms with Crippen LogP contribution in [0.5, 0.6) is 0 Å². The van der Waals surface area contributed by atoms with Crippen molar-refractivity contribution in [1.82, 2.24) is 0 Å². The number of anilines is 6. The van der Waals surface area contributed by atoms with Crippen LogP contribution in [0.15, 0.2) is 224 Å². The maximum absolute atomic E-state index is 2.75. The van der Waals surface area contributed by atoms with Gasteiger partial charge in [-0.2, -0.15) is 0 Å². The van der Waals surface area contributed by atoms with Crippen LogP contribution in [0.25, 0.3) is 130 Å². The molecule has 93 heavy (non-hydrogen) atoms. The summed E-state index contributed by atoms with van der Waals surface area (Å²) in [5.74, 6) is 0. The van der Waals surface area contributed by atoms with Crippen LogP contribution in [0.4, 0.5) is 34.1 Å². The highest BCUT2D eigenvalue weighted by molar-refractivity contribution is 7.03. The molecule has 446 valence electrons. The van der Waals surface area contributed by atoms with Crippen LogP contribution in [0.1, 0.15) is 105 Å². The molecule has 0 N–H and O–H groups in total. The third-order valence-corrected chi connectivity index (χ3v) is 21.9. The fourth-order valence-corrected chi connectivity index (χ4v) is 17.3. The van der Waals surface area contributed by atoms with Crippen molar-refractivity contribution in [2.24, 2.45) is 0 Å². The molecule has 0 bridgehead atoms. The molecule has 2 heterocycles. The van der Waals surface area contributed by atoms with Gasteiger partial charge in [-0.05, 0) is 251 Å². The average Bonchev–Trinajstić information content (AvgIpc) is 0.669. The summed E-state index contributed by atoms with van der Waals surface area (Å²) in [6.45, 7) is 28.4. The minimum absolute atomic E-state index is 0.146. The van der Waals surface area contributed by atoms with Crippen molar-refractivity contribution in [2.75, 3.05) is 9.80 Å². The Hall–Kier alpha value is -9.96. The monoisotopic (exact) mass is 1190 g/mol. The zero-order chi connectivity index (χ0) is 63.3. The summed E-state index contributed by atoms with van der Waals surface area (Å²) in [4.78, 5) is 5.51. The van der Waals surface area contributed by atoms with Crippen molar-refractivity contribution in [3.63, 3.8) is 0 Å². The van der Waals surface area contributed by atoms with Gasteiger partial charge in [-0.25, -0.2) is 0 Å². The average molecular weight is 1190 g/mol. The first kappa shape index (κ1) is 54.8. The lowest BCUT2D eigenvalue weighted by Gasteiger charge is -2.46. The van der Waals surface area contributed by atoms with Crippen LogP contribution < -0.4 is 26.2 Å². The predicted molar refractivity (Wildman–Crippen MR) is 407 cm³/mol. The lowest BCUT2D eigenvalue weighted by molar-refractivity contribution is 0.568. The fraction of sp³-hybridized carbons (Fsp3) is 0.178. The van der Waals surface area contributed by atoms with Crippen LogP contribution in [-0.2, 0) is 21.7 Å². The summed E-state index contributed by atoms with van der Waals surface area (Å²) in [5, 5.41) is 28.6. The summed E-state index contributed by atoms with van der Waals surface area (Å²) in [7, 11) is 0. The lowest BCUT2D eigenvalue weighted by Crippen LogP contribution is -2.62.